The number of aryl methyl sites for hydroxylation is 1. The molecule has 0 aliphatic carbocycles. The van der Waals surface area contributed by atoms with Gasteiger partial charge in [-0.2, -0.15) is 0 Å². The van der Waals surface area contributed by atoms with E-state index in [1.165, 1.54) is 0 Å². The number of anilines is 1. The van der Waals surface area contributed by atoms with Crippen LogP contribution in [0.15, 0.2) is 24.3 Å². The van der Waals surface area contributed by atoms with E-state index in [0.29, 0.717) is 10.8 Å². The van der Waals surface area contributed by atoms with Crippen LogP contribution in [0.4, 0.5) is 5.82 Å². The summed E-state index contributed by atoms with van der Waals surface area (Å²) in [6, 6.07) is 7.59. The molecule has 1 aromatic heterocycles. The molecule has 94 valence electrons. The Morgan fingerprint density at radius 1 is 1.28 bits per heavy atom. The highest BCUT2D eigenvalue weighted by Gasteiger charge is 2.10. The van der Waals surface area contributed by atoms with Gasteiger partial charge in [0.1, 0.15) is 5.82 Å². The lowest BCUT2D eigenvalue weighted by Crippen LogP contribution is -2.04. The van der Waals surface area contributed by atoms with E-state index < -0.39 is 0 Å². The molecule has 1 N–H and O–H groups in total. The summed E-state index contributed by atoms with van der Waals surface area (Å²) < 4.78 is 0. The van der Waals surface area contributed by atoms with Crippen LogP contribution in [0.1, 0.15) is 18.2 Å². The third-order valence-corrected chi connectivity index (χ3v) is 3.12. The summed E-state index contributed by atoms with van der Waals surface area (Å²) in [4.78, 5) is 9.11. The summed E-state index contributed by atoms with van der Waals surface area (Å²) in [6.07, 6.45) is 0.915. The molecule has 2 rings (SSSR count). The van der Waals surface area contributed by atoms with Gasteiger partial charge in [-0.25, -0.2) is 9.97 Å². The third kappa shape index (κ3) is 2.46. The molecule has 0 unspecified atom stereocenters. The van der Waals surface area contributed by atoms with E-state index >= 15 is 0 Å². The molecule has 0 amide bonds. The molecule has 0 bridgehead atoms. The molecular formula is C14H16ClN3. The average Bonchev–Trinajstić information content (AvgIpc) is 2.37. The first-order valence-electron chi connectivity index (χ1n) is 5.97. The van der Waals surface area contributed by atoms with Crippen molar-refractivity contribution in [3.05, 3.63) is 40.5 Å². The van der Waals surface area contributed by atoms with Crippen molar-refractivity contribution in [1.82, 2.24) is 9.97 Å². The van der Waals surface area contributed by atoms with Gasteiger partial charge in [0, 0.05) is 28.9 Å². The normalized spacial score (nSPS) is 10.4. The summed E-state index contributed by atoms with van der Waals surface area (Å²) in [5.41, 5.74) is 3.10. The molecule has 0 atom stereocenters. The second-order valence-corrected chi connectivity index (χ2v) is 4.51. The lowest BCUT2D eigenvalue weighted by Gasteiger charge is -2.11. The highest BCUT2D eigenvalue weighted by atomic mass is 35.5. The zero-order chi connectivity index (χ0) is 13.1. The van der Waals surface area contributed by atoms with Gasteiger partial charge in [-0.3, -0.25) is 0 Å². The van der Waals surface area contributed by atoms with Crippen LogP contribution in [-0.2, 0) is 6.42 Å². The van der Waals surface area contributed by atoms with Crippen LogP contribution < -0.4 is 5.32 Å². The highest BCUT2D eigenvalue weighted by Crippen LogP contribution is 2.24. The number of aromatic nitrogens is 2. The Morgan fingerprint density at radius 2 is 2.06 bits per heavy atom. The number of nitrogens with zero attached hydrogens (tertiary/aromatic N) is 2. The Labute approximate surface area is 112 Å². The quantitative estimate of drug-likeness (QED) is 0.915. The predicted octanol–water partition coefficient (Wildman–Crippen LogP) is 3.71. The van der Waals surface area contributed by atoms with Crippen LogP contribution in [0.5, 0.6) is 0 Å². The van der Waals surface area contributed by atoms with Crippen LogP contribution >= 0.6 is 11.6 Å². The van der Waals surface area contributed by atoms with Crippen molar-refractivity contribution < 1.29 is 0 Å². The maximum atomic E-state index is 6.00. The summed E-state index contributed by atoms with van der Waals surface area (Å²) >= 11 is 6.00. The van der Waals surface area contributed by atoms with Crippen LogP contribution in [0, 0.1) is 6.92 Å². The van der Waals surface area contributed by atoms with Crippen molar-refractivity contribution in [2.24, 2.45) is 0 Å². The minimum atomic E-state index is 0.694. The van der Waals surface area contributed by atoms with Crippen molar-refractivity contribution in [2.75, 3.05) is 12.4 Å². The SMILES string of the molecule is CCc1c(C)nc(-c2cccc(Cl)c2)nc1NC. The molecule has 3 nitrogen and oxygen atoms in total. The Kier molecular flexibility index (Phi) is 3.82. The molecule has 4 heteroatoms. The lowest BCUT2D eigenvalue weighted by atomic mass is 10.1. The smallest absolute Gasteiger partial charge is 0.161 e. The standard InChI is InChI=1S/C14H16ClN3/c1-4-12-9(2)17-13(18-14(12)16-3)10-6-5-7-11(15)8-10/h5-8H,4H2,1-3H3,(H,16,17,18). The third-order valence-electron chi connectivity index (χ3n) is 2.89. The summed E-state index contributed by atoms with van der Waals surface area (Å²) in [5, 5.41) is 3.82. The topological polar surface area (TPSA) is 37.8 Å². The van der Waals surface area contributed by atoms with Crippen molar-refractivity contribution in [2.45, 2.75) is 20.3 Å². The molecule has 0 aliphatic rings. The van der Waals surface area contributed by atoms with E-state index in [0.717, 1.165) is 29.1 Å². The lowest BCUT2D eigenvalue weighted by molar-refractivity contribution is 1.00. The van der Waals surface area contributed by atoms with Crippen molar-refractivity contribution >= 4 is 17.4 Å². The van der Waals surface area contributed by atoms with Gasteiger partial charge in [-0.05, 0) is 25.5 Å². The largest absolute Gasteiger partial charge is 0.373 e. The monoisotopic (exact) mass is 261 g/mol. The zero-order valence-electron chi connectivity index (χ0n) is 10.8. The van der Waals surface area contributed by atoms with E-state index in [-0.39, 0.29) is 0 Å². The average molecular weight is 262 g/mol. The van der Waals surface area contributed by atoms with Gasteiger partial charge in [-0.15, -0.1) is 0 Å². The molecule has 1 aromatic carbocycles. The van der Waals surface area contributed by atoms with Gasteiger partial charge in [-0.1, -0.05) is 30.7 Å². The second-order valence-electron chi connectivity index (χ2n) is 4.07. The molecule has 2 aromatic rings. The molecule has 18 heavy (non-hydrogen) atoms. The van der Waals surface area contributed by atoms with Crippen LogP contribution in [0.25, 0.3) is 11.4 Å². The fourth-order valence-electron chi connectivity index (χ4n) is 1.98. The number of hydrogen-bond donors (Lipinski definition) is 1. The van der Waals surface area contributed by atoms with Gasteiger partial charge in [0.15, 0.2) is 5.82 Å². The molecule has 0 aliphatic heterocycles. The Balaban J connectivity index is 2.56. The van der Waals surface area contributed by atoms with E-state index in [2.05, 4.69) is 22.2 Å². The Bertz CT molecular complexity index is 567. The summed E-state index contributed by atoms with van der Waals surface area (Å²) in [5.74, 6) is 1.59. The van der Waals surface area contributed by atoms with Gasteiger partial charge >= 0.3 is 0 Å². The molecule has 0 spiro atoms. The number of halogens is 1. The summed E-state index contributed by atoms with van der Waals surface area (Å²) in [6.45, 7) is 4.11. The predicted molar refractivity (Wildman–Crippen MR) is 76.1 cm³/mol. The summed E-state index contributed by atoms with van der Waals surface area (Å²) in [7, 11) is 1.88. The maximum absolute atomic E-state index is 6.00. The molecule has 0 fully saturated rings. The Hall–Kier alpha value is -1.61. The second kappa shape index (κ2) is 5.36. The van der Waals surface area contributed by atoms with Gasteiger partial charge in [0.2, 0.25) is 0 Å². The van der Waals surface area contributed by atoms with Crippen LogP contribution in [-0.4, -0.2) is 17.0 Å². The van der Waals surface area contributed by atoms with E-state index in [4.69, 9.17) is 11.6 Å². The molecule has 0 saturated carbocycles. The van der Waals surface area contributed by atoms with E-state index in [9.17, 15) is 0 Å². The van der Waals surface area contributed by atoms with Crippen molar-refractivity contribution in [3.63, 3.8) is 0 Å². The highest BCUT2D eigenvalue weighted by molar-refractivity contribution is 6.30. The molecule has 0 radical (unpaired) electrons. The minimum Gasteiger partial charge on any atom is -0.373 e. The van der Waals surface area contributed by atoms with Gasteiger partial charge < -0.3 is 5.32 Å². The zero-order valence-corrected chi connectivity index (χ0v) is 11.5. The van der Waals surface area contributed by atoms with E-state index in [1.54, 1.807) is 0 Å². The van der Waals surface area contributed by atoms with E-state index in [1.807, 2.05) is 38.2 Å². The maximum Gasteiger partial charge on any atom is 0.161 e. The van der Waals surface area contributed by atoms with Crippen LogP contribution in [0.3, 0.4) is 0 Å². The fourth-order valence-corrected chi connectivity index (χ4v) is 2.17. The fraction of sp³-hybridized carbons (Fsp3) is 0.286. The van der Waals surface area contributed by atoms with Crippen molar-refractivity contribution in [1.29, 1.82) is 0 Å². The number of benzene rings is 1. The van der Waals surface area contributed by atoms with Gasteiger partial charge in [0.25, 0.3) is 0 Å². The van der Waals surface area contributed by atoms with Crippen LogP contribution in [0.2, 0.25) is 5.02 Å². The molecular weight excluding hydrogens is 246 g/mol. The number of hydrogen-bond acceptors (Lipinski definition) is 3. The minimum absolute atomic E-state index is 0.694. The first-order chi connectivity index (χ1) is 8.65. The van der Waals surface area contributed by atoms with Crippen molar-refractivity contribution in [3.8, 4) is 11.4 Å². The number of nitrogens with one attached hydrogen (secondary N) is 1. The molecule has 1 heterocycles. The first-order valence-corrected chi connectivity index (χ1v) is 6.34. The number of rotatable bonds is 3. The Morgan fingerprint density at radius 3 is 2.67 bits per heavy atom. The first kappa shape index (κ1) is 12.8. The van der Waals surface area contributed by atoms with Gasteiger partial charge in [0.05, 0.1) is 0 Å². The molecule has 0 saturated heterocycles.